The minimum atomic E-state index is -0.710. The summed E-state index contributed by atoms with van der Waals surface area (Å²) in [5.74, 6) is -2.46. The van der Waals surface area contributed by atoms with Crippen molar-refractivity contribution in [2.75, 3.05) is 13.2 Å². The second-order valence-corrected chi connectivity index (χ2v) is 7.04. The summed E-state index contributed by atoms with van der Waals surface area (Å²) >= 11 is 0. The Balaban J connectivity index is 1.95. The Hall–Kier alpha value is -2.57. The van der Waals surface area contributed by atoms with Gasteiger partial charge < -0.3 is 4.74 Å². The van der Waals surface area contributed by atoms with E-state index in [0.717, 1.165) is 11.1 Å². The fourth-order valence-electron chi connectivity index (χ4n) is 3.50. The molecule has 1 aliphatic rings. The van der Waals surface area contributed by atoms with Crippen LogP contribution in [-0.4, -0.2) is 35.6 Å². The van der Waals surface area contributed by atoms with Crippen LogP contribution in [0.15, 0.2) is 18.2 Å². The molecule has 3 atom stereocenters. The fourth-order valence-corrected chi connectivity index (χ4v) is 3.50. The lowest BCUT2D eigenvalue weighted by atomic mass is 9.88. The number of nitro groups is 1. The van der Waals surface area contributed by atoms with E-state index in [0.29, 0.717) is 5.56 Å². The lowest BCUT2D eigenvalue weighted by Crippen LogP contribution is -2.28. The molecule has 26 heavy (non-hydrogen) atoms. The molecule has 1 saturated carbocycles. The van der Waals surface area contributed by atoms with E-state index in [1.807, 2.05) is 19.1 Å². The summed E-state index contributed by atoms with van der Waals surface area (Å²) in [6, 6.07) is 5.45. The van der Waals surface area contributed by atoms with Crippen LogP contribution in [0.3, 0.4) is 0 Å². The van der Waals surface area contributed by atoms with E-state index < -0.39 is 29.3 Å². The maximum atomic E-state index is 12.3. The molecule has 7 heteroatoms. The lowest BCUT2D eigenvalue weighted by molar-refractivity contribution is -0.490. The number of esters is 1. The quantitative estimate of drug-likeness (QED) is 0.320. The average Bonchev–Trinajstić information content (AvgIpc) is 2.81. The van der Waals surface area contributed by atoms with Crippen LogP contribution in [0, 0.1) is 41.7 Å². The molecule has 0 saturated heterocycles. The van der Waals surface area contributed by atoms with E-state index in [2.05, 4.69) is 0 Å². The molecule has 0 heterocycles. The summed E-state index contributed by atoms with van der Waals surface area (Å²) in [6.45, 7) is 4.70. The van der Waals surface area contributed by atoms with Gasteiger partial charge in [0.25, 0.3) is 0 Å². The zero-order valence-electron chi connectivity index (χ0n) is 15.2. The smallest absolute Gasteiger partial charge is 0.306 e. The van der Waals surface area contributed by atoms with Crippen molar-refractivity contribution in [1.29, 1.82) is 0 Å². The Kier molecular flexibility index (Phi) is 6.23. The van der Waals surface area contributed by atoms with Gasteiger partial charge in [0.2, 0.25) is 12.3 Å². The summed E-state index contributed by atoms with van der Waals surface area (Å²) < 4.78 is 5.04. The number of aryl methyl sites for hydroxylation is 2. The van der Waals surface area contributed by atoms with Crippen LogP contribution < -0.4 is 0 Å². The number of benzene rings is 1. The maximum absolute atomic E-state index is 12.3. The van der Waals surface area contributed by atoms with Crippen molar-refractivity contribution in [2.24, 2.45) is 17.8 Å². The van der Waals surface area contributed by atoms with E-state index in [1.54, 1.807) is 19.9 Å². The van der Waals surface area contributed by atoms with Crippen molar-refractivity contribution >= 4 is 17.5 Å². The molecule has 1 aromatic rings. The van der Waals surface area contributed by atoms with Crippen LogP contribution in [0.1, 0.15) is 41.3 Å². The van der Waals surface area contributed by atoms with E-state index in [9.17, 15) is 24.5 Å². The topological polar surface area (TPSA) is 104 Å². The predicted octanol–water partition coefficient (Wildman–Crippen LogP) is 2.54. The van der Waals surface area contributed by atoms with Gasteiger partial charge in [-0.1, -0.05) is 24.6 Å². The second-order valence-electron chi connectivity index (χ2n) is 7.04. The molecule has 0 N–H and O–H groups in total. The number of carbonyl (C=O) groups is 3. The third kappa shape index (κ3) is 4.74. The molecule has 0 aliphatic heterocycles. The van der Waals surface area contributed by atoms with Crippen molar-refractivity contribution in [3.05, 3.63) is 45.0 Å². The van der Waals surface area contributed by atoms with Crippen LogP contribution in [0.2, 0.25) is 0 Å². The monoisotopic (exact) mass is 361 g/mol. The highest BCUT2D eigenvalue weighted by Gasteiger charge is 2.44. The van der Waals surface area contributed by atoms with Gasteiger partial charge in [0.1, 0.15) is 5.78 Å². The summed E-state index contributed by atoms with van der Waals surface area (Å²) in [5, 5.41) is 10.8. The molecule has 0 radical (unpaired) electrons. The minimum Gasteiger partial charge on any atom is -0.457 e. The van der Waals surface area contributed by atoms with Crippen molar-refractivity contribution in [1.82, 2.24) is 0 Å². The van der Waals surface area contributed by atoms with Crippen LogP contribution in [-0.2, 0) is 14.3 Å². The largest absolute Gasteiger partial charge is 0.457 e. The number of Topliss-reactive ketones (excluding diaryl/α,β-unsaturated/α-hetero) is 2. The normalized spacial score (nSPS) is 22.3. The van der Waals surface area contributed by atoms with Gasteiger partial charge in [0.05, 0.1) is 6.42 Å². The van der Waals surface area contributed by atoms with Crippen LogP contribution >= 0.6 is 0 Å². The van der Waals surface area contributed by atoms with Gasteiger partial charge in [-0.3, -0.25) is 24.5 Å². The number of ether oxygens (including phenoxy) is 1. The highest BCUT2D eigenvalue weighted by molar-refractivity contribution is 5.99. The third-order valence-electron chi connectivity index (χ3n) is 4.99. The zero-order valence-corrected chi connectivity index (χ0v) is 15.2. The first-order valence-electron chi connectivity index (χ1n) is 8.59. The highest BCUT2D eigenvalue weighted by atomic mass is 16.6. The van der Waals surface area contributed by atoms with Crippen molar-refractivity contribution in [2.45, 2.75) is 33.6 Å². The van der Waals surface area contributed by atoms with Crippen molar-refractivity contribution in [3.8, 4) is 0 Å². The molecule has 1 aromatic carbocycles. The van der Waals surface area contributed by atoms with Gasteiger partial charge in [-0.05, 0) is 31.4 Å². The Morgan fingerprint density at radius 2 is 2.00 bits per heavy atom. The molecule has 140 valence electrons. The molecule has 1 aliphatic carbocycles. The Bertz CT molecular complexity index is 742. The molecule has 0 spiro atoms. The molecule has 2 rings (SSSR count). The molecule has 0 unspecified atom stereocenters. The van der Waals surface area contributed by atoms with Gasteiger partial charge in [0, 0.05) is 28.7 Å². The third-order valence-corrected chi connectivity index (χ3v) is 4.99. The van der Waals surface area contributed by atoms with E-state index in [1.165, 1.54) is 0 Å². The number of nitrogens with zero attached hydrogens (tertiary/aromatic N) is 1. The van der Waals surface area contributed by atoms with Gasteiger partial charge in [-0.15, -0.1) is 0 Å². The summed E-state index contributed by atoms with van der Waals surface area (Å²) in [6.07, 6.45) is 0.0135. The number of ketones is 2. The van der Waals surface area contributed by atoms with E-state index >= 15 is 0 Å². The van der Waals surface area contributed by atoms with Gasteiger partial charge >= 0.3 is 5.97 Å². The molecular weight excluding hydrogens is 338 g/mol. The Morgan fingerprint density at radius 1 is 1.31 bits per heavy atom. The summed E-state index contributed by atoms with van der Waals surface area (Å²) in [4.78, 5) is 46.7. The first-order valence-corrected chi connectivity index (χ1v) is 8.59. The molecule has 7 nitrogen and oxygen atoms in total. The summed E-state index contributed by atoms with van der Waals surface area (Å²) in [5.41, 5.74) is 2.22. The first kappa shape index (κ1) is 19.8. The molecular formula is C19H23NO6. The number of rotatable bonds is 7. The molecule has 0 bridgehead atoms. The van der Waals surface area contributed by atoms with Crippen LogP contribution in [0.5, 0.6) is 0 Å². The second kappa shape index (κ2) is 8.21. The van der Waals surface area contributed by atoms with Crippen LogP contribution in [0.4, 0.5) is 0 Å². The average molecular weight is 361 g/mol. The zero-order chi connectivity index (χ0) is 19.4. The van der Waals surface area contributed by atoms with Crippen molar-refractivity contribution < 1.29 is 24.0 Å². The Labute approximate surface area is 151 Å². The number of hydrogen-bond donors (Lipinski definition) is 0. The maximum Gasteiger partial charge on any atom is 0.306 e. The van der Waals surface area contributed by atoms with Crippen molar-refractivity contribution in [3.63, 3.8) is 0 Å². The number of hydrogen-bond acceptors (Lipinski definition) is 6. The fraction of sp³-hybridized carbons (Fsp3) is 0.526. The Morgan fingerprint density at radius 3 is 2.65 bits per heavy atom. The highest BCUT2D eigenvalue weighted by Crippen LogP contribution is 2.36. The molecule has 0 aromatic heterocycles. The first-order chi connectivity index (χ1) is 12.2. The standard InChI is InChI=1S/C19H23NO6/c1-11-4-5-12(2)14(6-11)18(22)10-26-19(23)8-15-16(9-20(24)25)13(3)7-17(15)21/h4-6,13,15-16H,7-10H2,1-3H3/t13-,15-,16+/m1/s1. The van der Waals surface area contributed by atoms with Crippen LogP contribution in [0.25, 0.3) is 0 Å². The van der Waals surface area contributed by atoms with E-state index in [-0.39, 0.29) is 36.9 Å². The minimum absolute atomic E-state index is 0.137. The van der Waals surface area contributed by atoms with Gasteiger partial charge in [0.15, 0.2) is 6.61 Å². The van der Waals surface area contributed by atoms with E-state index in [4.69, 9.17) is 4.74 Å². The predicted molar refractivity (Wildman–Crippen MR) is 93.5 cm³/mol. The van der Waals surface area contributed by atoms with Gasteiger partial charge in [-0.2, -0.15) is 0 Å². The van der Waals surface area contributed by atoms with Gasteiger partial charge in [-0.25, -0.2) is 0 Å². The molecule has 0 amide bonds. The summed E-state index contributed by atoms with van der Waals surface area (Å²) in [7, 11) is 0. The lowest BCUT2D eigenvalue weighted by Gasteiger charge is -2.17. The molecule has 1 fully saturated rings. The SMILES string of the molecule is Cc1ccc(C)c(C(=O)COC(=O)C[C@H]2C(=O)C[C@@H](C)[C@@H]2C[N+](=O)[O-])c1. The number of carbonyl (C=O) groups excluding carboxylic acids is 3.